The van der Waals surface area contributed by atoms with Crippen molar-refractivity contribution in [3.8, 4) is 79.0 Å². The fourth-order valence-corrected chi connectivity index (χ4v) is 25.8. The van der Waals surface area contributed by atoms with E-state index in [2.05, 4.69) is 406 Å². The minimum Gasteiger partial charge on any atom is -0.436 e. The number of hydrogen-bond donors (Lipinski definition) is 0. The van der Waals surface area contributed by atoms with E-state index in [0.29, 0.717) is 5.89 Å². The Kier molecular flexibility index (Phi) is 17.6. The van der Waals surface area contributed by atoms with Crippen molar-refractivity contribution < 1.29 is 8.98 Å². The van der Waals surface area contributed by atoms with Crippen LogP contribution in [0.1, 0.15) is 74.9 Å². The van der Waals surface area contributed by atoms with Gasteiger partial charge in [0.2, 0.25) is 5.89 Å². The molecule has 0 radical (unpaired) electrons. The van der Waals surface area contributed by atoms with E-state index in [1.165, 1.54) is 159 Å². The molecule has 0 amide bonds. The third-order valence-electron chi connectivity index (χ3n) is 29.4. The molecule has 134 heavy (non-hydrogen) atoms. The van der Waals surface area contributed by atoms with Crippen LogP contribution < -0.4 is 15.9 Å². The summed E-state index contributed by atoms with van der Waals surface area (Å²) in [6, 6.07) is 153. The van der Waals surface area contributed by atoms with Crippen LogP contribution in [0.5, 0.6) is 0 Å². The van der Waals surface area contributed by atoms with Gasteiger partial charge in [0.15, 0.2) is 12.7 Å². The van der Waals surface area contributed by atoms with Crippen molar-refractivity contribution >= 4 is 143 Å². The molecule has 636 valence electrons. The SMILES string of the molecule is CC1(C)c2ccccc2-c2c3c1cccc3cc1c3ccccc3n(-c3ccc(-c4nc5ccccc5n4-c4ccccc4)cc3)c21.CC1(C)c2ccccc2-c2c3c1cccc3cc1c3ccccc3n(-c3ccc(-c4nc5ccccc5o4)cc3)c21.CC1(C)c2ccccc2-c2c3c1cccc3cc1c3ccccc3n(-c3ccc(P(=O)(c4ccccc4)c4ccccc4)cc3)c21. The topological polar surface area (TPSA) is 75.7 Å². The molecule has 5 heterocycles. The largest absolute Gasteiger partial charge is 0.436 e. The van der Waals surface area contributed by atoms with Crippen LogP contribution in [0.4, 0.5) is 0 Å². The molecule has 5 aromatic heterocycles. The summed E-state index contributed by atoms with van der Waals surface area (Å²) in [7, 11) is -3.08. The molecular formula is C125H89N6O2P. The molecule has 0 atom stereocenters. The maximum Gasteiger partial charge on any atom is 0.227 e. The molecule has 0 saturated carbocycles. The Morgan fingerprint density at radius 2 is 0.575 bits per heavy atom. The van der Waals surface area contributed by atoms with Gasteiger partial charge >= 0.3 is 0 Å². The van der Waals surface area contributed by atoms with Crippen LogP contribution in [-0.4, -0.2) is 28.2 Å². The summed E-state index contributed by atoms with van der Waals surface area (Å²) in [6.07, 6.45) is 0. The first-order valence-corrected chi connectivity index (χ1v) is 48.1. The number of benzene rings is 20. The monoisotopic (exact) mass is 1740 g/mol. The van der Waals surface area contributed by atoms with Gasteiger partial charge in [0, 0.05) is 115 Å². The zero-order chi connectivity index (χ0) is 89.6. The Morgan fingerprint density at radius 1 is 0.254 bits per heavy atom. The lowest BCUT2D eigenvalue weighted by Gasteiger charge is -2.35. The van der Waals surface area contributed by atoms with Crippen molar-refractivity contribution in [1.82, 2.24) is 28.2 Å². The van der Waals surface area contributed by atoms with Gasteiger partial charge in [-0.15, -0.1) is 0 Å². The average molecular weight is 1740 g/mol. The number of fused-ring (bicyclic) bond motifs is 20. The highest BCUT2D eigenvalue weighted by molar-refractivity contribution is 7.85. The molecule has 3 aliphatic carbocycles. The van der Waals surface area contributed by atoms with E-state index >= 15 is 4.57 Å². The van der Waals surface area contributed by atoms with Crippen molar-refractivity contribution in [2.45, 2.75) is 57.8 Å². The standard InChI is InChI=1S/C44H31N3.C43H32NOP.C38H26N2O/c1-44(2)35-18-8-6-17-33(35)41-40-29(13-12-19-36(40)44)27-34-32-16-7-10-21-38(32)46(42(34)41)31-25-23-28(24-26-31)43-45-37-20-9-11-22-39(37)47(43)30-14-4-3-5-15-30;1-43(2)37-21-11-9-20-35(37)41-40-29(14-13-22-38(40)43)28-36-34-19-10-12-23-39(34)44(42(36)41)30-24-26-33(27-25-30)46(45,31-15-5-3-6-16-31)32-17-7-4-8-18-32;1-38(2)29-13-5-3-12-27(29)35-34-24(10-9-14-30(34)38)22-28-26-11-4-7-16-32(26)40(36(28)35)25-20-18-23(19-21-25)37-39-31-15-6-8-17-33(31)41-37/h3-27H,1-2H3;3-28H,1-2H3;3-22H,1-2H3. The number of aromatic nitrogens is 6. The predicted molar refractivity (Wildman–Crippen MR) is 560 cm³/mol. The lowest BCUT2D eigenvalue weighted by molar-refractivity contribution is 0.592. The Hall–Kier alpha value is -16.3. The molecule has 0 aliphatic heterocycles. The number of rotatable bonds is 9. The normalized spacial score (nSPS) is 13.7. The number of imidazole rings is 1. The highest BCUT2D eigenvalue weighted by atomic mass is 31.2. The number of para-hydroxylation sites is 8. The van der Waals surface area contributed by atoms with E-state index in [1.807, 2.05) is 84.9 Å². The Bertz CT molecular complexity index is 9150. The summed E-state index contributed by atoms with van der Waals surface area (Å²) in [4.78, 5) is 9.84. The molecule has 0 saturated heterocycles. The lowest BCUT2D eigenvalue weighted by atomic mass is 9.68. The van der Waals surface area contributed by atoms with E-state index in [1.54, 1.807) is 0 Å². The van der Waals surface area contributed by atoms with E-state index in [-0.39, 0.29) is 16.2 Å². The second-order valence-corrected chi connectivity index (χ2v) is 40.5. The molecule has 28 rings (SSSR count). The Morgan fingerprint density at radius 3 is 0.993 bits per heavy atom. The molecule has 3 aliphatic rings. The average Bonchev–Trinajstić information content (AvgIpc) is 1.46. The molecular weight excluding hydrogens is 1650 g/mol. The molecule has 0 fully saturated rings. The van der Waals surface area contributed by atoms with Crippen molar-refractivity contribution in [2.75, 3.05) is 0 Å². The Labute approximate surface area is 775 Å². The first kappa shape index (κ1) is 78.8. The zero-order valence-electron chi connectivity index (χ0n) is 74.9. The molecule has 20 aromatic carbocycles. The maximum atomic E-state index is 15.1. The van der Waals surface area contributed by atoms with Crippen molar-refractivity contribution in [3.05, 3.63) is 464 Å². The molecule has 0 bridgehead atoms. The van der Waals surface area contributed by atoms with E-state index in [0.717, 1.165) is 83.3 Å². The molecule has 0 spiro atoms. The predicted octanol–water partition coefficient (Wildman–Crippen LogP) is 31.2. The second-order valence-electron chi connectivity index (χ2n) is 37.7. The molecule has 8 nitrogen and oxygen atoms in total. The lowest BCUT2D eigenvalue weighted by Crippen LogP contribution is -2.25. The molecule has 0 N–H and O–H groups in total. The van der Waals surface area contributed by atoms with E-state index in [4.69, 9.17) is 14.4 Å². The van der Waals surface area contributed by atoms with Gasteiger partial charge in [0.05, 0.1) is 44.1 Å². The number of nitrogens with zero attached hydrogens (tertiary/aromatic N) is 6. The van der Waals surface area contributed by atoms with Gasteiger partial charge in [-0.05, 0) is 228 Å². The third-order valence-corrected chi connectivity index (χ3v) is 32.4. The summed E-state index contributed by atoms with van der Waals surface area (Å²) in [6.45, 7) is 14.1. The van der Waals surface area contributed by atoms with Gasteiger partial charge in [-0.25, -0.2) is 9.97 Å². The third kappa shape index (κ3) is 11.6. The fraction of sp³-hybridized carbons (Fsp3) is 0.0720. The fourth-order valence-electron chi connectivity index (χ4n) is 23.1. The second kappa shape index (κ2) is 29.9. The quantitative estimate of drug-likeness (QED) is 0.135. The van der Waals surface area contributed by atoms with Gasteiger partial charge in [0.1, 0.15) is 11.3 Å². The van der Waals surface area contributed by atoms with Gasteiger partial charge in [-0.1, -0.05) is 327 Å². The van der Waals surface area contributed by atoms with Crippen LogP contribution in [-0.2, 0) is 20.8 Å². The van der Waals surface area contributed by atoms with Crippen LogP contribution in [0.25, 0.3) is 199 Å². The smallest absolute Gasteiger partial charge is 0.227 e. The molecule has 25 aromatic rings. The number of oxazole rings is 1. The van der Waals surface area contributed by atoms with Crippen molar-refractivity contribution in [3.63, 3.8) is 0 Å². The molecule has 9 heteroatoms. The highest BCUT2D eigenvalue weighted by Gasteiger charge is 2.40. The first-order valence-electron chi connectivity index (χ1n) is 46.4. The van der Waals surface area contributed by atoms with Crippen molar-refractivity contribution in [2.24, 2.45) is 0 Å². The van der Waals surface area contributed by atoms with Crippen LogP contribution >= 0.6 is 7.14 Å². The highest BCUT2D eigenvalue weighted by Crippen LogP contribution is 2.58. The molecule has 0 unspecified atom stereocenters. The van der Waals surface area contributed by atoms with Gasteiger partial charge < -0.3 is 22.7 Å². The van der Waals surface area contributed by atoms with Crippen LogP contribution in [0, 0.1) is 0 Å². The summed E-state index contributed by atoms with van der Waals surface area (Å²) in [5.41, 5.74) is 33.3. The summed E-state index contributed by atoms with van der Waals surface area (Å²) >= 11 is 0. The van der Waals surface area contributed by atoms with Crippen LogP contribution in [0.3, 0.4) is 0 Å². The summed E-state index contributed by atoms with van der Waals surface area (Å²) in [5.74, 6) is 1.58. The van der Waals surface area contributed by atoms with Gasteiger partial charge in [-0.2, -0.15) is 0 Å². The van der Waals surface area contributed by atoms with Gasteiger partial charge in [-0.3, -0.25) is 4.57 Å². The van der Waals surface area contributed by atoms with Crippen molar-refractivity contribution in [1.29, 1.82) is 0 Å². The summed E-state index contributed by atoms with van der Waals surface area (Å²) < 4.78 is 30.8. The minimum atomic E-state index is -3.08. The summed E-state index contributed by atoms with van der Waals surface area (Å²) in [5, 5.41) is 18.0. The van der Waals surface area contributed by atoms with Crippen LogP contribution in [0.15, 0.2) is 435 Å². The number of hydrogen-bond acceptors (Lipinski definition) is 4. The van der Waals surface area contributed by atoms with E-state index < -0.39 is 7.14 Å². The zero-order valence-corrected chi connectivity index (χ0v) is 75.8. The van der Waals surface area contributed by atoms with Crippen LogP contribution in [0.2, 0.25) is 0 Å². The first-order chi connectivity index (χ1) is 65.7. The van der Waals surface area contributed by atoms with E-state index in [9.17, 15) is 0 Å². The van der Waals surface area contributed by atoms with Gasteiger partial charge in [0.25, 0.3) is 0 Å². The minimum absolute atomic E-state index is 0.0884. The maximum absolute atomic E-state index is 15.1. The Balaban J connectivity index is 0.000000105.